The first-order chi connectivity index (χ1) is 13.0. The largest absolute Gasteiger partial charge is 0.326 e. The monoisotopic (exact) mass is 404 g/mol. The molecule has 3 rings (SSSR count). The summed E-state index contributed by atoms with van der Waals surface area (Å²) in [6, 6.07) is 11.9. The number of nitrogens with one attached hydrogen (secondary N) is 2. The molecule has 1 atom stereocenters. The fourth-order valence-corrected chi connectivity index (χ4v) is 4.38. The van der Waals surface area contributed by atoms with E-state index in [4.69, 9.17) is 23.2 Å². The average Bonchev–Trinajstić information content (AvgIpc) is 3.19. The molecule has 2 N–H and O–H groups in total. The van der Waals surface area contributed by atoms with E-state index in [1.165, 1.54) is 0 Å². The number of hydrogen-bond donors (Lipinski definition) is 2. The molecule has 0 bridgehead atoms. The van der Waals surface area contributed by atoms with Crippen LogP contribution in [-0.2, 0) is 4.79 Å². The normalized spacial score (nSPS) is 15.7. The molecule has 2 aromatic rings. The molecule has 3 nitrogen and oxygen atoms in total. The lowest BCUT2D eigenvalue weighted by Crippen LogP contribution is -2.21. The Balaban J connectivity index is 1.81. The standard InChI is InChI=1S/C22H26Cl2N2O/c1-14-19(11-17(23)12-21(14)24)20(13-25-2)15-7-9-18(10-8-15)26-22(27)16-5-3-4-6-16/h7-12,16,20,25H,3-6,13H2,1-2H3,(H,26,27). The first kappa shape index (κ1) is 20.2. The van der Waals surface area contributed by atoms with Crippen molar-refractivity contribution in [2.24, 2.45) is 5.92 Å². The zero-order valence-corrected chi connectivity index (χ0v) is 17.3. The minimum Gasteiger partial charge on any atom is -0.326 e. The highest BCUT2D eigenvalue weighted by atomic mass is 35.5. The molecule has 1 amide bonds. The molecule has 0 aromatic heterocycles. The summed E-state index contributed by atoms with van der Waals surface area (Å²) in [6.07, 6.45) is 4.32. The highest BCUT2D eigenvalue weighted by molar-refractivity contribution is 6.35. The van der Waals surface area contributed by atoms with Crippen molar-refractivity contribution in [1.29, 1.82) is 0 Å². The van der Waals surface area contributed by atoms with Gasteiger partial charge < -0.3 is 10.6 Å². The van der Waals surface area contributed by atoms with Crippen molar-refractivity contribution >= 4 is 34.8 Å². The van der Waals surface area contributed by atoms with Crippen LogP contribution in [0.5, 0.6) is 0 Å². The number of carbonyl (C=O) groups excluding carboxylic acids is 1. The summed E-state index contributed by atoms with van der Waals surface area (Å²) in [6.45, 7) is 2.79. The zero-order valence-electron chi connectivity index (χ0n) is 15.8. The number of likely N-dealkylation sites (N-methyl/N-ethyl adjacent to an activating group) is 1. The number of halogens is 2. The lowest BCUT2D eigenvalue weighted by Gasteiger charge is -2.21. The van der Waals surface area contributed by atoms with Crippen molar-refractivity contribution < 1.29 is 4.79 Å². The minimum absolute atomic E-state index is 0.130. The van der Waals surface area contributed by atoms with Crippen molar-refractivity contribution in [3.05, 3.63) is 63.1 Å². The molecule has 0 saturated heterocycles. The highest BCUT2D eigenvalue weighted by Crippen LogP contribution is 2.34. The van der Waals surface area contributed by atoms with Gasteiger partial charge in [0.05, 0.1) is 0 Å². The first-order valence-corrected chi connectivity index (χ1v) is 10.3. The number of anilines is 1. The van der Waals surface area contributed by atoms with Gasteiger partial charge in [0, 0.05) is 34.1 Å². The molecule has 2 aromatic carbocycles. The second-order valence-corrected chi connectivity index (χ2v) is 8.15. The zero-order chi connectivity index (χ0) is 19.4. The summed E-state index contributed by atoms with van der Waals surface area (Å²) in [4.78, 5) is 12.3. The summed E-state index contributed by atoms with van der Waals surface area (Å²) >= 11 is 12.6. The summed E-state index contributed by atoms with van der Waals surface area (Å²) in [7, 11) is 1.94. The van der Waals surface area contributed by atoms with Gasteiger partial charge in [-0.2, -0.15) is 0 Å². The molecule has 27 heavy (non-hydrogen) atoms. The van der Waals surface area contributed by atoms with Gasteiger partial charge in [0.15, 0.2) is 0 Å². The SMILES string of the molecule is CNCC(c1ccc(NC(=O)C2CCCC2)cc1)c1cc(Cl)cc(Cl)c1C. The molecule has 0 spiro atoms. The Hall–Kier alpha value is -1.55. The minimum atomic E-state index is 0.130. The van der Waals surface area contributed by atoms with Crippen molar-refractivity contribution in [3.8, 4) is 0 Å². The second-order valence-electron chi connectivity index (χ2n) is 7.30. The van der Waals surface area contributed by atoms with Crippen molar-refractivity contribution in [2.75, 3.05) is 18.9 Å². The topological polar surface area (TPSA) is 41.1 Å². The van der Waals surface area contributed by atoms with Gasteiger partial charge in [-0.1, -0.05) is 48.2 Å². The molecule has 5 heteroatoms. The van der Waals surface area contributed by atoms with Crippen LogP contribution in [0.3, 0.4) is 0 Å². The van der Waals surface area contributed by atoms with Gasteiger partial charge in [-0.05, 0) is 67.8 Å². The summed E-state index contributed by atoms with van der Waals surface area (Å²) in [5, 5.41) is 7.63. The van der Waals surface area contributed by atoms with Crippen LogP contribution < -0.4 is 10.6 Å². The predicted octanol–water partition coefficient (Wildman–Crippen LogP) is 5.78. The van der Waals surface area contributed by atoms with E-state index in [-0.39, 0.29) is 17.7 Å². The number of carbonyl (C=O) groups is 1. The summed E-state index contributed by atoms with van der Waals surface area (Å²) in [5.41, 5.74) is 4.16. The highest BCUT2D eigenvalue weighted by Gasteiger charge is 2.23. The van der Waals surface area contributed by atoms with E-state index in [0.717, 1.165) is 54.6 Å². The van der Waals surface area contributed by atoms with Crippen molar-refractivity contribution in [1.82, 2.24) is 5.32 Å². The molecule has 1 aliphatic rings. The van der Waals surface area contributed by atoms with Gasteiger partial charge in [0.25, 0.3) is 0 Å². The van der Waals surface area contributed by atoms with E-state index in [9.17, 15) is 4.79 Å². The predicted molar refractivity (Wildman–Crippen MR) is 114 cm³/mol. The smallest absolute Gasteiger partial charge is 0.227 e. The third-order valence-corrected chi connectivity index (χ3v) is 6.05. The van der Waals surface area contributed by atoms with Crippen LogP contribution in [0, 0.1) is 12.8 Å². The molecule has 1 fully saturated rings. The van der Waals surface area contributed by atoms with Gasteiger partial charge in [-0.3, -0.25) is 4.79 Å². The number of amides is 1. The van der Waals surface area contributed by atoms with Gasteiger partial charge in [0.2, 0.25) is 5.91 Å². The van der Waals surface area contributed by atoms with Crippen LogP contribution in [0.25, 0.3) is 0 Å². The Kier molecular flexibility index (Phi) is 6.80. The maximum atomic E-state index is 12.3. The van der Waals surface area contributed by atoms with E-state index >= 15 is 0 Å². The molecule has 0 radical (unpaired) electrons. The molecule has 0 aliphatic heterocycles. The third kappa shape index (κ3) is 4.84. The van der Waals surface area contributed by atoms with Gasteiger partial charge in [-0.15, -0.1) is 0 Å². The van der Waals surface area contributed by atoms with E-state index in [2.05, 4.69) is 22.8 Å². The maximum Gasteiger partial charge on any atom is 0.227 e. The Morgan fingerprint density at radius 3 is 2.44 bits per heavy atom. The molecule has 0 heterocycles. The second kappa shape index (κ2) is 9.09. The van der Waals surface area contributed by atoms with E-state index < -0.39 is 0 Å². The lowest BCUT2D eigenvalue weighted by atomic mass is 9.88. The van der Waals surface area contributed by atoms with E-state index in [1.807, 2.05) is 32.2 Å². The molecule has 144 valence electrons. The van der Waals surface area contributed by atoms with Crippen LogP contribution in [-0.4, -0.2) is 19.5 Å². The fraction of sp³-hybridized carbons (Fsp3) is 0.409. The van der Waals surface area contributed by atoms with E-state index in [1.54, 1.807) is 6.07 Å². The van der Waals surface area contributed by atoms with Crippen LogP contribution >= 0.6 is 23.2 Å². The Morgan fingerprint density at radius 1 is 1.15 bits per heavy atom. The molecule has 1 unspecified atom stereocenters. The van der Waals surface area contributed by atoms with Crippen molar-refractivity contribution in [2.45, 2.75) is 38.5 Å². The summed E-state index contributed by atoms with van der Waals surface area (Å²) in [5.74, 6) is 0.438. The quantitative estimate of drug-likeness (QED) is 0.640. The lowest BCUT2D eigenvalue weighted by molar-refractivity contribution is -0.119. The Morgan fingerprint density at radius 2 is 1.81 bits per heavy atom. The molecular formula is C22H26Cl2N2O. The number of rotatable bonds is 6. The van der Waals surface area contributed by atoms with Gasteiger partial charge >= 0.3 is 0 Å². The first-order valence-electron chi connectivity index (χ1n) is 9.50. The van der Waals surface area contributed by atoms with Crippen molar-refractivity contribution in [3.63, 3.8) is 0 Å². The van der Waals surface area contributed by atoms with E-state index in [0.29, 0.717) is 10.0 Å². The number of benzene rings is 2. The fourth-order valence-electron chi connectivity index (χ4n) is 3.87. The average molecular weight is 405 g/mol. The van der Waals surface area contributed by atoms with Gasteiger partial charge in [0.1, 0.15) is 0 Å². The summed E-state index contributed by atoms with van der Waals surface area (Å²) < 4.78 is 0. The van der Waals surface area contributed by atoms with Crippen LogP contribution in [0.4, 0.5) is 5.69 Å². The number of hydrogen-bond acceptors (Lipinski definition) is 2. The molecule has 1 aliphatic carbocycles. The third-order valence-electron chi connectivity index (χ3n) is 5.44. The maximum absolute atomic E-state index is 12.3. The Labute approximate surface area is 171 Å². The molecular weight excluding hydrogens is 379 g/mol. The molecule has 1 saturated carbocycles. The van der Waals surface area contributed by atoms with Gasteiger partial charge in [-0.25, -0.2) is 0 Å². The van der Waals surface area contributed by atoms with Crippen LogP contribution in [0.1, 0.15) is 48.3 Å². The Bertz CT molecular complexity index is 799. The van der Waals surface area contributed by atoms with Crippen LogP contribution in [0.2, 0.25) is 10.0 Å². The van der Waals surface area contributed by atoms with Crippen LogP contribution in [0.15, 0.2) is 36.4 Å².